The van der Waals surface area contributed by atoms with Crippen LogP contribution >= 0.6 is 24.0 Å². The van der Waals surface area contributed by atoms with Gasteiger partial charge in [-0.3, -0.25) is 0 Å². The Morgan fingerprint density at radius 2 is 2.11 bits per heavy atom. The van der Waals surface area contributed by atoms with Crippen molar-refractivity contribution in [1.82, 2.24) is 10.2 Å². The van der Waals surface area contributed by atoms with Crippen LogP contribution in [0.2, 0.25) is 0 Å². The standard InChI is InChI=1S/C21H33N3O3.HI/c1-4-22-21(23-14-17-7-5-8-18(13-17)27-16(2)3)24-10-12-26-20(15-24)19-9-6-11-25-19;/h5,7-8,13,16,19-20H,4,6,9-12,14-15H2,1-3H3,(H,22,23);1H. The summed E-state index contributed by atoms with van der Waals surface area (Å²) >= 11 is 0. The summed E-state index contributed by atoms with van der Waals surface area (Å²) in [5.74, 6) is 1.84. The predicted molar refractivity (Wildman–Crippen MR) is 123 cm³/mol. The highest BCUT2D eigenvalue weighted by molar-refractivity contribution is 14.0. The van der Waals surface area contributed by atoms with Gasteiger partial charge in [0.25, 0.3) is 0 Å². The molecule has 6 nitrogen and oxygen atoms in total. The highest BCUT2D eigenvalue weighted by Gasteiger charge is 2.32. The number of ether oxygens (including phenoxy) is 3. The van der Waals surface area contributed by atoms with Gasteiger partial charge in [-0.1, -0.05) is 12.1 Å². The molecule has 2 fully saturated rings. The monoisotopic (exact) mass is 503 g/mol. The number of benzene rings is 1. The summed E-state index contributed by atoms with van der Waals surface area (Å²) in [5, 5.41) is 3.43. The molecule has 0 radical (unpaired) electrons. The molecular formula is C21H34IN3O3. The molecule has 0 amide bonds. The largest absolute Gasteiger partial charge is 0.491 e. The van der Waals surface area contributed by atoms with Gasteiger partial charge in [-0.2, -0.15) is 0 Å². The molecule has 28 heavy (non-hydrogen) atoms. The summed E-state index contributed by atoms with van der Waals surface area (Å²) in [5.41, 5.74) is 1.15. The van der Waals surface area contributed by atoms with Gasteiger partial charge in [0.2, 0.25) is 0 Å². The Morgan fingerprint density at radius 3 is 2.82 bits per heavy atom. The van der Waals surface area contributed by atoms with Gasteiger partial charge in [0, 0.05) is 26.2 Å². The number of hydrogen-bond acceptors (Lipinski definition) is 4. The number of aliphatic imine (C=N–C) groups is 1. The lowest BCUT2D eigenvalue weighted by molar-refractivity contribution is -0.0817. The van der Waals surface area contributed by atoms with Gasteiger partial charge in [0.1, 0.15) is 11.9 Å². The summed E-state index contributed by atoms with van der Waals surface area (Å²) < 4.78 is 17.6. The Kier molecular flexibility index (Phi) is 9.81. The predicted octanol–water partition coefficient (Wildman–Crippen LogP) is 3.44. The maximum Gasteiger partial charge on any atom is 0.194 e. The van der Waals surface area contributed by atoms with E-state index in [1.807, 2.05) is 26.0 Å². The van der Waals surface area contributed by atoms with E-state index in [1.165, 1.54) is 0 Å². The zero-order chi connectivity index (χ0) is 19.1. The number of nitrogens with zero attached hydrogens (tertiary/aromatic N) is 2. The van der Waals surface area contributed by atoms with Gasteiger partial charge in [-0.25, -0.2) is 4.99 Å². The molecule has 0 aromatic heterocycles. The van der Waals surface area contributed by atoms with Gasteiger partial charge in [0.05, 0.1) is 25.4 Å². The summed E-state index contributed by atoms with van der Waals surface area (Å²) in [6, 6.07) is 8.18. The third-order valence-corrected chi connectivity index (χ3v) is 4.79. The van der Waals surface area contributed by atoms with Crippen molar-refractivity contribution in [3.8, 4) is 5.75 Å². The van der Waals surface area contributed by atoms with E-state index in [1.54, 1.807) is 0 Å². The second kappa shape index (κ2) is 11.8. The fourth-order valence-corrected chi connectivity index (χ4v) is 3.57. The van der Waals surface area contributed by atoms with Crippen molar-refractivity contribution >= 4 is 29.9 Å². The second-order valence-electron chi connectivity index (χ2n) is 7.39. The Balaban J connectivity index is 0.00000280. The summed E-state index contributed by atoms with van der Waals surface area (Å²) in [4.78, 5) is 7.17. The first kappa shape index (κ1) is 23.2. The molecule has 0 spiro atoms. The lowest BCUT2D eigenvalue weighted by atomic mass is 10.1. The SMILES string of the molecule is CCNC(=NCc1cccc(OC(C)C)c1)N1CCOC(C2CCCO2)C1.I. The molecule has 0 saturated carbocycles. The zero-order valence-electron chi connectivity index (χ0n) is 17.2. The van der Waals surface area contributed by atoms with E-state index in [-0.39, 0.29) is 42.3 Å². The van der Waals surface area contributed by atoms with Crippen molar-refractivity contribution in [3.63, 3.8) is 0 Å². The molecule has 2 atom stereocenters. The van der Waals surface area contributed by atoms with Crippen LogP contribution in [0.25, 0.3) is 0 Å². The van der Waals surface area contributed by atoms with Crippen molar-refractivity contribution in [2.45, 2.75) is 58.5 Å². The van der Waals surface area contributed by atoms with Crippen LogP contribution in [0, 0.1) is 0 Å². The van der Waals surface area contributed by atoms with E-state index in [4.69, 9.17) is 19.2 Å². The molecule has 2 aliphatic heterocycles. The third kappa shape index (κ3) is 6.77. The molecule has 158 valence electrons. The maximum absolute atomic E-state index is 5.97. The minimum atomic E-state index is 0. The van der Waals surface area contributed by atoms with Crippen molar-refractivity contribution in [2.24, 2.45) is 4.99 Å². The molecule has 1 aromatic carbocycles. The number of halogens is 1. The fraction of sp³-hybridized carbons (Fsp3) is 0.667. The van der Waals surface area contributed by atoms with Gasteiger partial charge in [-0.05, 0) is 51.3 Å². The first-order valence-electron chi connectivity index (χ1n) is 10.2. The van der Waals surface area contributed by atoms with Crippen LogP contribution in [0.5, 0.6) is 5.75 Å². The van der Waals surface area contributed by atoms with Crippen LogP contribution in [0.15, 0.2) is 29.3 Å². The Hall–Kier alpha value is -1.06. The van der Waals surface area contributed by atoms with Crippen LogP contribution in [-0.2, 0) is 16.0 Å². The van der Waals surface area contributed by atoms with Crippen LogP contribution in [0.3, 0.4) is 0 Å². The first-order chi connectivity index (χ1) is 13.2. The van der Waals surface area contributed by atoms with E-state index in [2.05, 4.69) is 29.3 Å². The van der Waals surface area contributed by atoms with E-state index in [0.717, 1.165) is 56.4 Å². The number of guanidine groups is 1. The van der Waals surface area contributed by atoms with Gasteiger partial charge < -0.3 is 24.4 Å². The summed E-state index contributed by atoms with van der Waals surface area (Å²) in [7, 11) is 0. The molecule has 2 unspecified atom stereocenters. The van der Waals surface area contributed by atoms with Gasteiger partial charge >= 0.3 is 0 Å². The Bertz CT molecular complexity index is 621. The van der Waals surface area contributed by atoms with Crippen LogP contribution in [0.4, 0.5) is 0 Å². The lowest BCUT2D eigenvalue weighted by Gasteiger charge is -2.37. The van der Waals surface area contributed by atoms with Crippen LogP contribution in [0.1, 0.15) is 39.2 Å². The van der Waals surface area contributed by atoms with E-state index in [0.29, 0.717) is 13.2 Å². The minimum Gasteiger partial charge on any atom is -0.491 e. The molecule has 2 saturated heterocycles. The Morgan fingerprint density at radius 1 is 1.29 bits per heavy atom. The summed E-state index contributed by atoms with van der Waals surface area (Å²) in [6.07, 6.45) is 2.75. The van der Waals surface area contributed by atoms with Crippen molar-refractivity contribution in [2.75, 3.05) is 32.8 Å². The molecule has 1 aromatic rings. The molecule has 2 aliphatic rings. The molecule has 3 rings (SSSR count). The van der Waals surface area contributed by atoms with E-state index >= 15 is 0 Å². The summed E-state index contributed by atoms with van der Waals surface area (Å²) in [6.45, 7) is 10.9. The first-order valence-corrected chi connectivity index (χ1v) is 10.2. The molecule has 0 bridgehead atoms. The van der Waals surface area contributed by atoms with Crippen molar-refractivity contribution in [3.05, 3.63) is 29.8 Å². The molecule has 1 N–H and O–H groups in total. The molecule has 7 heteroatoms. The molecular weight excluding hydrogens is 469 g/mol. The zero-order valence-corrected chi connectivity index (χ0v) is 19.6. The van der Waals surface area contributed by atoms with Crippen molar-refractivity contribution < 1.29 is 14.2 Å². The number of morpholine rings is 1. The average molecular weight is 503 g/mol. The van der Waals surface area contributed by atoms with Crippen LogP contribution < -0.4 is 10.1 Å². The van der Waals surface area contributed by atoms with Gasteiger partial charge in [0.15, 0.2) is 5.96 Å². The number of nitrogens with one attached hydrogen (secondary N) is 1. The van der Waals surface area contributed by atoms with Gasteiger partial charge in [-0.15, -0.1) is 24.0 Å². The maximum atomic E-state index is 5.97. The lowest BCUT2D eigenvalue weighted by Crippen LogP contribution is -2.53. The fourth-order valence-electron chi connectivity index (χ4n) is 3.57. The van der Waals surface area contributed by atoms with Crippen LogP contribution in [-0.4, -0.2) is 62.0 Å². The smallest absolute Gasteiger partial charge is 0.194 e. The highest BCUT2D eigenvalue weighted by atomic mass is 127. The van der Waals surface area contributed by atoms with Crippen molar-refractivity contribution in [1.29, 1.82) is 0 Å². The normalized spacial score (nSPS) is 22.9. The highest BCUT2D eigenvalue weighted by Crippen LogP contribution is 2.21. The second-order valence-corrected chi connectivity index (χ2v) is 7.39. The molecule has 2 heterocycles. The Labute approximate surface area is 186 Å². The number of rotatable bonds is 6. The quantitative estimate of drug-likeness (QED) is 0.366. The number of hydrogen-bond donors (Lipinski definition) is 1. The van der Waals surface area contributed by atoms with E-state index < -0.39 is 0 Å². The average Bonchev–Trinajstić information content (AvgIpc) is 3.20. The van der Waals surface area contributed by atoms with E-state index in [9.17, 15) is 0 Å². The third-order valence-electron chi connectivity index (χ3n) is 4.79. The topological polar surface area (TPSA) is 55.3 Å². The minimum absolute atomic E-state index is 0. The molecule has 0 aliphatic carbocycles.